The van der Waals surface area contributed by atoms with Crippen molar-refractivity contribution in [3.05, 3.63) is 23.2 Å². The van der Waals surface area contributed by atoms with Gasteiger partial charge in [0.25, 0.3) is 0 Å². The summed E-state index contributed by atoms with van der Waals surface area (Å²) in [6.45, 7) is 3.62. The molecule has 1 unspecified atom stereocenters. The van der Waals surface area contributed by atoms with Gasteiger partial charge in [-0.15, -0.1) is 0 Å². The first kappa shape index (κ1) is 17.1. The number of rotatable bonds is 6. The second kappa shape index (κ2) is 7.73. The quantitative estimate of drug-likeness (QED) is 0.753. The molecule has 116 valence electrons. The van der Waals surface area contributed by atoms with Crippen molar-refractivity contribution in [1.29, 1.82) is 0 Å². The molecule has 0 saturated carbocycles. The van der Waals surface area contributed by atoms with E-state index in [1.807, 2.05) is 6.92 Å². The van der Waals surface area contributed by atoms with Crippen LogP contribution in [0, 0.1) is 5.92 Å². The summed E-state index contributed by atoms with van der Waals surface area (Å²) in [6.07, 6.45) is 0.637. The first-order valence-corrected chi connectivity index (χ1v) is 6.90. The highest BCUT2D eigenvalue weighted by molar-refractivity contribution is 6.31. The molecule has 0 radical (unpaired) electrons. The predicted octanol–water partition coefficient (Wildman–Crippen LogP) is 2.97. The molecule has 0 aliphatic carbocycles. The van der Waals surface area contributed by atoms with Crippen molar-refractivity contribution in [2.75, 3.05) is 12.4 Å². The summed E-state index contributed by atoms with van der Waals surface area (Å²) in [5.74, 6) is -0.822. The molecule has 1 aromatic carbocycles. The molecule has 2 amide bonds. The molecule has 0 aliphatic heterocycles. The van der Waals surface area contributed by atoms with Crippen molar-refractivity contribution in [3.8, 4) is 5.75 Å². The van der Waals surface area contributed by atoms with Crippen LogP contribution in [0.15, 0.2) is 18.2 Å². The highest BCUT2D eigenvalue weighted by Gasteiger charge is 2.25. The SMILES string of the molecule is CCC(C)[C@H](NC(=O)Nc1cc(Cl)ccc1OC)C(=O)O. The van der Waals surface area contributed by atoms with Gasteiger partial charge in [0.15, 0.2) is 0 Å². The minimum atomic E-state index is -1.07. The summed E-state index contributed by atoms with van der Waals surface area (Å²) in [4.78, 5) is 23.1. The smallest absolute Gasteiger partial charge is 0.326 e. The van der Waals surface area contributed by atoms with Crippen LogP contribution in [0.4, 0.5) is 10.5 Å². The van der Waals surface area contributed by atoms with Gasteiger partial charge in [0.05, 0.1) is 12.8 Å². The van der Waals surface area contributed by atoms with Crippen LogP contribution in [-0.2, 0) is 4.79 Å². The van der Waals surface area contributed by atoms with Gasteiger partial charge in [-0.25, -0.2) is 9.59 Å². The molecule has 2 atom stereocenters. The van der Waals surface area contributed by atoms with Crippen LogP contribution < -0.4 is 15.4 Å². The van der Waals surface area contributed by atoms with E-state index in [1.54, 1.807) is 19.1 Å². The van der Waals surface area contributed by atoms with E-state index in [9.17, 15) is 9.59 Å². The molecule has 0 aromatic heterocycles. The molecule has 1 aromatic rings. The molecule has 0 spiro atoms. The Morgan fingerprint density at radius 1 is 1.43 bits per heavy atom. The van der Waals surface area contributed by atoms with E-state index in [4.69, 9.17) is 21.4 Å². The lowest BCUT2D eigenvalue weighted by atomic mass is 9.99. The lowest BCUT2D eigenvalue weighted by Gasteiger charge is -2.20. The number of hydrogen-bond donors (Lipinski definition) is 3. The number of carbonyl (C=O) groups excluding carboxylic acids is 1. The Balaban J connectivity index is 2.81. The maximum atomic E-state index is 11.9. The number of nitrogens with one attached hydrogen (secondary N) is 2. The fourth-order valence-corrected chi connectivity index (χ4v) is 1.93. The van der Waals surface area contributed by atoms with Crippen LogP contribution in [0.3, 0.4) is 0 Å². The van der Waals surface area contributed by atoms with Crippen LogP contribution in [0.2, 0.25) is 5.02 Å². The standard InChI is InChI=1S/C14H19ClN2O4/c1-4-8(2)12(13(18)19)17-14(20)16-10-7-9(15)5-6-11(10)21-3/h5-8,12H,4H2,1-3H3,(H,18,19)(H2,16,17,20)/t8?,12-/m0/s1. The lowest BCUT2D eigenvalue weighted by molar-refractivity contribution is -0.140. The van der Waals surface area contributed by atoms with E-state index in [0.717, 1.165) is 0 Å². The van der Waals surface area contributed by atoms with Gasteiger partial charge in [0, 0.05) is 5.02 Å². The number of hydrogen-bond acceptors (Lipinski definition) is 3. The number of carboxylic acids is 1. The summed E-state index contributed by atoms with van der Waals surface area (Å²) >= 11 is 5.86. The van der Waals surface area contributed by atoms with Gasteiger partial charge in [-0.2, -0.15) is 0 Å². The fraction of sp³-hybridized carbons (Fsp3) is 0.429. The van der Waals surface area contributed by atoms with Crippen molar-refractivity contribution in [3.63, 3.8) is 0 Å². The third-order valence-electron chi connectivity index (χ3n) is 3.18. The number of halogens is 1. The number of methoxy groups -OCH3 is 1. The van der Waals surface area contributed by atoms with E-state index >= 15 is 0 Å². The number of anilines is 1. The molecule has 7 heteroatoms. The van der Waals surface area contributed by atoms with Gasteiger partial charge in [0.1, 0.15) is 11.8 Å². The van der Waals surface area contributed by atoms with Crippen LogP contribution in [-0.4, -0.2) is 30.3 Å². The monoisotopic (exact) mass is 314 g/mol. The molecule has 0 bridgehead atoms. The molecule has 1 rings (SSSR count). The van der Waals surface area contributed by atoms with E-state index in [0.29, 0.717) is 22.9 Å². The van der Waals surface area contributed by atoms with Crippen LogP contribution >= 0.6 is 11.6 Å². The van der Waals surface area contributed by atoms with Gasteiger partial charge in [-0.05, 0) is 24.1 Å². The fourth-order valence-electron chi connectivity index (χ4n) is 1.76. The lowest BCUT2D eigenvalue weighted by Crippen LogP contribution is -2.46. The second-order valence-electron chi connectivity index (χ2n) is 4.64. The van der Waals surface area contributed by atoms with Crippen LogP contribution in [0.5, 0.6) is 5.75 Å². The zero-order valence-corrected chi connectivity index (χ0v) is 12.9. The Bertz CT molecular complexity index is 522. The Hall–Kier alpha value is -1.95. The van der Waals surface area contributed by atoms with Gasteiger partial charge in [-0.1, -0.05) is 31.9 Å². The second-order valence-corrected chi connectivity index (χ2v) is 5.08. The number of benzene rings is 1. The van der Waals surface area contributed by atoms with Crippen molar-refractivity contribution in [1.82, 2.24) is 5.32 Å². The normalized spacial score (nSPS) is 13.1. The van der Waals surface area contributed by atoms with Gasteiger partial charge >= 0.3 is 12.0 Å². The number of aliphatic carboxylic acids is 1. The highest BCUT2D eigenvalue weighted by atomic mass is 35.5. The summed E-state index contributed by atoms with van der Waals surface area (Å²) in [5.41, 5.74) is 0.371. The average Bonchev–Trinajstić information content (AvgIpc) is 2.44. The van der Waals surface area contributed by atoms with E-state index < -0.39 is 18.0 Å². The topological polar surface area (TPSA) is 87.7 Å². The minimum absolute atomic E-state index is 0.186. The van der Waals surface area contributed by atoms with Crippen molar-refractivity contribution < 1.29 is 19.4 Å². The zero-order chi connectivity index (χ0) is 16.0. The minimum Gasteiger partial charge on any atom is -0.495 e. The third-order valence-corrected chi connectivity index (χ3v) is 3.41. The number of urea groups is 1. The maximum Gasteiger partial charge on any atom is 0.326 e. The summed E-state index contributed by atoms with van der Waals surface area (Å²) in [7, 11) is 1.46. The van der Waals surface area contributed by atoms with Gasteiger partial charge < -0.3 is 20.5 Å². The van der Waals surface area contributed by atoms with E-state index in [2.05, 4.69) is 10.6 Å². The Kier molecular flexibility index (Phi) is 6.30. The summed E-state index contributed by atoms with van der Waals surface area (Å²) < 4.78 is 5.10. The average molecular weight is 315 g/mol. The van der Waals surface area contributed by atoms with Crippen molar-refractivity contribution in [2.45, 2.75) is 26.3 Å². The summed E-state index contributed by atoms with van der Waals surface area (Å²) in [5, 5.41) is 14.6. The molecule has 3 N–H and O–H groups in total. The predicted molar refractivity (Wildman–Crippen MR) is 81.0 cm³/mol. The maximum absolute atomic E-state index is 11.9. The molecule has 0 fully saturated rings. The van der Waals surface area contributed by atoms with Crippen LogP contribution in [0.25, 0.3) is 0 Å². The molecule has 0 saturated heterocycles. The number of carbonyl (C=O) groups is 2. The van der Waals surface area contributed by atoms with Crippen molar-refractivity contribution in [2.24, 2.45) is 5.92 Å². The molecule has 0 aliphatic rings. The largest absolute Gasteiger partial charge is 0.495 e. The van der Waals surface area contributed by atoms with E-state index in [1.165, 1.54) is 13.2 Å². The molecule has 6 nitrogen and oxygen atoms in total. The highest BCUT2D eigenvalue weighted by Crippen LogP contribution is 2.27. The number of carboxylic acid groups (broad SMARTS) is 1. The molecular formula is C14H19ClN2O4. The Morgan fingerprint density at radius 3 is 2.62 bits per heavy atom. The summed E-state index contributed by atoms with van der Waals surface area (Å²) in [6, 6.07) is 3.19. The van der Waals surface area contributed by atoms with Gasteiger partial charge in [-0.3, -0.25) is 0 Å². The number of ether oxygens (including phenoxy) is 1. The van der Waals surface area contributed by atoms with Gasteiger partial charge in [0.2, 0.25) is 0 Å². The Labute approximate surface area is 128 Å². The first-order chi connectivity index (χ1) is 9.88. The third kappa shape index (κ3) is 4.82. The molecule has 0 heterocycles. The van der Waals surface area contributed by atoms with Crippen molar-refractivity contribution >= 4 is 29.3 Å². The first-order valence-electron chi connectivity index (χ1n) is 6.52. The van der Waals surface area contributed by atoms with Crippen LogP contribution in [0.1, 0.15) is 20.3 Å². The number of amides is 2. The van der Waals surface area contributed by atoms with E-state index in [-0.39, 0.29) is 5.92 Å². The molecule has 21 heavy (non-hydrogen) atoms. The molecular weight excluding hydrogens is 296 g/mol. The zero-order valence-electron chi connectivity index (χ0n) is 12.1. The Morgan fingerprint density at radius 2 is 2.10 bits per heavy atom.